The van der Waals surface area contributed by atoms with E-state index in [1.807, 2.05) is 4.90 Å². The highest BCUT2D eigenvalue weighted by atomic mass is 35.5. The van der Waals surface area contributed by atoms with Crippen molar-refractivity contribution in [2.24, 2.45) is 5.73 Å². The number of hydrogen-bond donors (Lipinski definition) is 4. The second kappa shape index (κ2) is 12.7. The van der Waals surface area contributed by atoms with Crippen LogP contribution in [0.3, 0.4) is 0 Å². The molecule has 208 valence electrons. The van der Waals surface area contributed by atoms with E-state index in [9.17, 15) is 36.6 Å². The molecule has 2 amide bonds. The maximum Gasteiger partial charge on any atom is 0.390 e. The highest BCUT2D eigenvalue weighted by Gasteiger charge is 2.29. The van der Waals surface area contributed by atoms with Crippen molar-refractivity contribution in [2.45, 2.75) is 25.2 Å². The van der Waals surface area contributed by atoms with Gasteiger partial charge in [-0.1, -0.05) is 17.7 Å². The topological polar surface area (TPSA) is 111 Å². The normalized spacial score (nSPS) is 15.3. The Bertz CT molecular complexity index is 1160. The standard InChI is InChI=1S/C24H27ClF5N5O3/c25-15-2-4-17(18(11-15)35-9-7-34(8-10-35)6-5-24(28,29)30)33-22(37)16-3-1-14(20(26)21(16)27)13-32-23(38)19(36)12-31/h1-4,11,19,36H,5-10,12-13,31H2,(H,32,38)(H,33,37). The van der Waals surface area contributed by atoms with Crippen LogP contribution in [0.25, 0.3) is 0 Å². The summed E-state index contributed by atoms with van der Waals surface area (Å²) in [6, 6.07) is 6.75. The van der Waals surface area contributed by atoms with E-state index in [2.05, 4.69) is 10.6 Å². The van der Waals surface area contributed by atoms with Crippen molar-refractivity contribution >= 4 is 34.8 Å². The molecule has 0 radical (unpaired) electrons. The molecular weight excluding hydrogens is 537 g/mol. The van der Waals surface area contributed by atoms with E-state index in [0.29, 0.717) is 36.9 Å². The molecule has 1 aliphatic heterocycles. The van der Waals surface area contributed by atoms with Gasteiger partial charge >= 0.3 is 6.18 Å². The number of rotatable bonds is 9. The molecular formula is C24H27ClF5N5O3. The molecule has 0 aliphatic carbocycles. The molecule has 1 fully saturated rings. The highest BCUT2D eigenvalue weighted by molar-refractivity contribution is 6.31. The molecule has 1 saturated heterocycles. The summed E-state index contributed by atoms with van der Waals surface area (Å²) < 4.78 is 66.9. The van der Waals surface area contributed by atoms with Gasteiger partial charge in [0.1, 0.15) is 6.10 Å². The molecule has 0 saturated carbocycles. The van der Waals surface area contributed by atoms with Crippen molar-refractivity contribution < 1.29 is 36.6 Å². The first-order valence-corrected chi connectivity index (χ1v) is 12.0. The first-order chi connectivity index (χ1) is 17.9. The Kier molecular flexibility index (Phi) is 9.88. The van der Waals surface area contributed by atoms with Gasteiger partial charge in [-0.05, 0) is 24.3 Å². The zero-order valence-electron chi connectivity index (χ0n) is 20.1. The lowest BCUT2D eigenvalue weighted by Gasteiger charge is -2.37. The number of nitrogens with two attached hydrogens (primary N) is 1. The number of anilines is 2. The van der Waals surface area contributed by atoms with Crippen LogP contribution in [0.15, 0.2) is 30.3 Å². The fourth-order valence-corrected chi connectivity index (χ4v) is 4.03. The zero-order chi connectivity index (χ0) is 28.0. The second-order valence-corrected chi connectivity index (χ2v) is 9.12. The van der Waals surface area contributed by atoms with Crippen molar-refractivity contribution in [1.29, 1.82) is 0 Å². The van der Waals surface area contributed by atoms with Gasteiger partial charge in [0.15, 0.2) is 11.6 Å². The van der Waals surface area contributed by atoms with Gasteiger partial charge in [-0.25, -0.2) is 8.78 Å². The van der Waals surface area contributed by atoms with E-state index in [0.717, 1.165) is 12.1 Å². The van der Waals surface area contributed by atoms with Crippen molar-refractivity contribution in [1.82, 2.24) is 10.2 Å². The van der Waals surface area contributed by atoms with Gasteiger partial charge < -0.3 is 26.4 Å². The first kappa shape index (κ1) is 29.6. The molecule has 1 heterocycles. The Labute approximate surface area is 220 Å². The van der Waals surface area contributed by atoms with Crippen molar-refractivity contribution in [2.75, 3.05) is 49.5 Å². The van der Waals surface area contributed by atoms with Crippen LogP contribution in [0.5, 0.6) is 0 Å². The predicted octanol–water partition coefficient (Wildman–Crippen LogP) is 2.88. The lowest BCUT2D eigenvalue weighted by Crippen LogP contribution is -2.47. The molecule has 3 rings (SSSR count). The Hall–Kier alpha value is -3.00. The van der Waals surface area contributed by atoms with Crippen LogP contribution in [0.1, 0.15) is 22.3 Å². The quantitative estimate of drug-likeness (QED) is 0.349. The van der Waals surface area contributed by atoms with Gasteiger partial charge in [-0.3, -0.25) is 14.5 Å². The van der Waals surface area contributed by atoms with Crippen molar-refractivity contribution in [3.05, 3.63) is 58.1 Å². The second-order valence-electron chi connectivity index (χ2n) is 8.68. The molecule has 38 heavy (non-hydrogen) atoms. The number of nitrogens with one attached hydrogen (secondary N) is 2. The molecule has 14 heteroatoms. The molecule has 8 nitrogen and oxygen atoms in total. The van der Waals surface area contributed by atoms with Gasteiger partial charge in [0.2, 0.25) is 5.91 Å². The van der Waals surface area contributed by atoms with E-state index < -0.39 is 54.3 Å². The van der Waals surface area contributed by atoms with E-state index in [4.69, 9.17) is 17.3 Å². The van der Waals surface area contributed by atoms with Gasteiger partial charge in [-0.2, -0.15) is 13.2 Å². The summed E-state index contributed by atoms with van der Waals surface area (Å²) in [5.74, 6) is -4.57. The van der Waals surface area contributed by atoms with E-state index >= 15 is 0 Å². The summed E-state index contributed by atoms with van der Waals surface area (Å²) in [6.45, 7) is 0.548. The van der Waals surface area contributed by atoms with E-state index in [-0.39, 0.29) is 24.3 Å². The first-order valence-electron chi connectivity index (χ1n) is 11.7. The number of aliphatic hydroxyl groups is 1. The average Bonchev–Trinajstić information content (AvgIpc) is 2.88. The number of alkyl halides is 3. The molecule has 2 aromatic carbocycles. The van der Waals surface area contributed by atoms with Crippen LogP contribution in [-0.2, 0) is 11.3 Å². The number of hydrogen-bond acceptors (Lipinski definition) is 6. The van der Waals surface area contributed by atoms with Crippen molar-refractivity contribution in [3.8, 4) is 0 Å². The number of aliphatic hydroxyl groups excluding tert-OH is 1. The number of nitrogens with zero attached hydrogens (tertiary/aromatic N) is 2. The third-order valence-corrected chi connectivity index (χ3v) is 6.25. The van der Waals surface area contributed by atoms with Crippen LogP contribution in [0, 0.1) is 11.6 Å². The molecule has 1 aliphatic rings. The number of piperazine rings is 1. The molecule has 0 bridgehead atoms. The number of carbonyl (C=O) groups is 2. The Morgan fingerprint density at radius 1 is 1.08 bits per heavy atom. The van der Waals surface area contributed by atoms with Crippen LogP contribution >= 0.6 is 11.6 Å². The van der Waals surface area contributed by atoms with Gasteiger partial charge in [0.25, 0.3) is 5.91 Å². The third-order valence-electron chi connectivity index (χ3n) is 6.02. The molecule has 0 aromatic heterocycles. The van der Waals surface area contributed by atoms with Gasteiger partial charge in [0.05, 0.1) is 23.4 Å². The Morgan fingerprint density at radius 3 is 2.39 bits per heavy atom. The number of halogens is 6. The maximum atomic E-state index is 14.7. The number of benzene rings is 2. The molecule has 5 N–H and O–H groups in total. The van der Waals surface area contributed by atoms with E-state index in [1.165, 1.54) is 12.1 Å². The minimum Gasteiger partial charge on any atom is -0.382 e. The van der Waals surface area contributed by atoms with Crippen molar-refractivity contribution in [3.63, 3.8) is 0 Å². The van der Waals surface area contributed by atoms with Crippen LogP contribution in [-0.4, -0.2) is 73.4 Å². The Balaban J connectivity index is 1.70. The van der Waals surface area contributed by atoms with Crippen LogP contribution < -0.4 is 21.3 Å². The minimum atomic E-state index is -4.24. The van der Waals surface area contributed by atoms with E-state index in [1.54, 1.807) is 11.0 Å². The monoisotopic (exact) mass is 563 g/mol. The molecule has 1 atom stereocenters. The van der Waals surface area contributed by atoms with Crippen LogP contribution in [0.4, 0.5) is 33.3 Å². The van der Waals surface area contributed by atoms with Gasteiger partial charge in [0, 0.05) is 56.4 Å². The van der Waals surface area contributed by atoms with Gasteiger partial charge in [-0.15, -0.1) is 0 Å². The zero-order valence-corrected chi connectivity index (χ0v) is 20.9. The number of amides is 2. The average molecular weight is 564 g/mol. The summed E-state index contributed by atoms with van der Waals surface area (Å²) in [5, 5.41) is 14.5. The maximum absolute atomic E-state index is 14.7. The lowest BCUT2D eigenvalue weighted by atomic mass is 10.1. The predicted molar refractivity (Wildman–Crippen MR) is 132 cm³/mol. The summed E-state index contributed by atoms with van der Waals surface area (Å²) in [6.07, 6.45) is -6.64. The molecule has 2 aromatic rings. The largest absolute Gasteiger partial charge is 0.390 e. The van der Waals surface area contributed by atoms with Crippen LogP contribution in [0.2, 0.25) is 5.02 Å². The highest BCUT2D eigenvalue weighted by Crippen LogP contribution is 2.31. The SMILES string of the molecule is NCC(O)C(=O)NCc1ccc(C(=O)Nc2ccc(Cl)cc2N2CCN(CCC(F)(F)F)CC2)c(F)c1F. The fourth-order valence-electron chi connectivity index (χ4n) is 3.87. The molecule has 1 unspecified atom stereocenters. The number of carbonyl (C=O) groups excluding carboxylic acids is 2. The summed E-state index contributed by atoms with van der Waals surface area (Å²) in [5.41, 5.74) is 5.09. The summed E-state index contributed by atoms with van der Waals surface area (Å²) >= 11 is 6.13. The fraction of sp³-hybridized carbons (Fsp3) is 0.417. The summed E-state index contributed by atoms with van der Waals surface area (Å²) in [7, 11) is 0. The smallest absolute Gasteiger partial charge is 0.382 e. The minimum absolute atomic E-state index is 0.116. The molecule has 0 spiro atoms. The summed E-state index contributed by atoms with van der Waals surface area (Å²) in [4.78, 5) is 28.0. The third kappa shape index (κ3) is 7.76. The lowest BCUT2D eigenvalue weighted by molar-refractivity contribution is -0.138. The Morgan fingerprint density at radius 2 is 1.76 bits per heavy atom.